The summed E-state index contributed by atoms with van der Waals surface area (Å²) >= 11 is 5.27. The number of nitrogens with zero attached hydrogens (tertiary/aromatic N) is 2. The predicted molar refractivity (Wildman–Crippen MR) is 94.9 cm³/mol. The van der Waals surface area contributed by atoms with Gasteiger partial charge in [-0.2, -0.15) is 0 Å². The summed E-state index contributed by atoms with van der Waals surface area (Å²) in [5.41, 5.74) is 1.28. The van der Waals surface area contributed by atoms with E-state index in [0.717, 1.165) is 29.2 Å². The van der Waals surface area contributed by atoms with E-state index in [0.29, 0.717) is 5.92 Å². The molecule has 114 valence electrons. The van der Waals surface area contributed by atoms with Crippen LogP contribution in [0.25, 0.3) is 0 Å². The SMILES string of the molecule is CC(C)CNCc1cnc(N(C)Cc2cccc(Br)c2)s1. The molecular weight excluding hydrogens is 346 g/mol. The molecule has 3 nitrogen and oxygen atoms in total. The number of nitrogens with one attached hydrogen (secondary N) is 1. The largest absolute Gasteiger partial charge is 0.347 e. The normalized spacial score (nSPS) is 11.1. The second-order valence-electron chi connectivity index (χ2n) is 5.62. The van der Waals surface area contributed by atoms with Crippen LogP contribution in [0.3, 0.4) is 0 Å². The van der Waals surface area contributed by atoms with Crippen LogP contribution in [0.1, 0.15) is 24.3 Å². The van der Waals surface area contributed by atoms with Gasteiger partial charge in [-0.15, -0.1) is 11.3 Å². The van der Waals surface area contributed by atoms with E-state index in [1.165, 1.54) is 10.4 Å². The van der Waals surface area contributed by atoms with E-state index in [1.807, 2.05) is 12.3 Å². The lowest BCUT2D eigenvalue weighted by atomic mass is 10.2. The fourth-order valence-electron chi connectivity index (χ4n) is 2.02. The average Bonchev–Trinajstić information content (AvgIpc) is 2.87. The van der Waals surface area contributed by atoms with Crippen molar-refractivity contribution in [2.24, 2.45) is 5.92 Å². The van der Waals surface area contributed by atoms with E-state index < -0.39 is 0 Å². The number of benzene rings is 1. The van der Waals surface area contributed by atoms with Gasteiger partial charge in [0.05, 0.1) is 0 Å². The first kappa shape index (κ1) is 16.5. The molecule has 0 spiro atoms. The molecule has 1 N–H and O–H groups in total. The zero-order chi connectivity index (χ0) is 15.2. The molecule has 1 aromatic carbocycles. The van der Waals surface area contributed by atoms with Gasteiger partial charge in [-0.1, -0.05) is 41.9 Å². The van der Waals surface area contributed by atoms with E-state index >= 15 is 0 Å². The molecule has 0 aliphatic carbocycles. The van der Waals surface area contributed by atoms with Crippen molar-refractivity contribution in [2.75, 3.05) is 18.5 Å². The Balaban J connectivity index is 1.91. The number of rotatable bonds is 7. The summed E-state index contributed by atoms with van der Waals surface area (Å²) in [5.74, 6) is 0.677. The first-order chi connectivity index (χ1) is 10.0. The third-order valence-corrected chi connectivity index (χ3v) is 4.63. The number of anilines is 1. The minimum atomic E-state index is 0.677. The summed E-state index contributed by atoms with van der Waals surface area (Å²) in [7, 11) is 2.09. The van der Waals surface area contributed by atoms with Gasteiger partial charge in [0.2, 0.25) is 0 Å². The Morgan fingerprint density at radius 1 is 1.38 bits per heavy atom. The van der Waals surface area contributed by atoms with Gasteiger partial charge in [0.15, 0.2) is 5.13 Å². The van der Waals surface area contributed by atoms with E-state index in [4.69, 9.17) is 0 Å². The van der Waals surface area contributed by atoms with Gasteiger partial charge >= 0.3 is 0 Å². The first-order valence-corrected chi connectivity index (χ1v) is 8.76. The molecule has 0 saturated carbocycles. The van der Waals surface area contributed by atoms with E-state index in [1.54, 1.807) is 11.3 Å². The van der Waals surface area contributed by atoms with Crippen LogP contribution in [0.4, 0.5) is 5.13 Å². The quantitative estimate of drug-likeness (QED) is 0.790. The summed E-state index contributed by atoms with van der Waals surface area (Å²) in [6, 6.07) is 8.40. The number of halogens is 1. The van der Waals surface area contributed by atoms with Crippen LogP contribution in [0.2, 0.25) is 0 Å². The van der Waals surface area contributed by atoms with E-state index in [-0.39, 0.29) is 0 Å². The smallest absolute Gasteiger partial charge is 0.185 e. The maximum absolute atomic E-state index is 4.53. The Kier molecular flexibility index (Phi) is 6.21. The van der Waals surface area contributed by atoms with Crippen molar-refractivity contribution in [1.29, 1.82) is 0 Å². The number of thiazole rings is 1. The van der Waals surface area contributed by atoms with Crippen LogP contribution in [-0.2, 0) is 13.1 Å². The summed E-state index contributed by atoms with van der Waals surface area (Å²) in [6.07, 6.45) is 1.98. The molecule has 0 fully saturated rings. The van der Waals surface area contributed by atoms with Crippen LogP contribution in [0, 0.1) is 5.92 Å². The molecule has 0 amide bonds. The third kappa shape index (κ3) is 5.41. The summed E-state index contributed by atoms with van der Waals surface area (Å²) in [6.45, 7) is 7.25. The van der Waals surface area contributed by atoms with Crippen molar-refractivity contribution in [3.8, 4) is 0 Å². The molecule has 0 unspecified atom stereocenters. The molecular formula is C16H22BrN3S. The predicted octanol–water partition coefficient (Wildman–Crippen LogP) is 4.29. The van der Waals surface area contributed by atoms with Gasteiger partial charge in [0, 0.05) is 35.7 Å². The van der Waals surface area contributed by atoms with Crippen molar-refractivity contribution in [1.82, 2.24) is 10.3 Å². The molecule has 0 saturated heterocycles. The molecule has 0 radical (unpaired) electrons. The zero-order valence-electron chi connectivity index (χ0n) is 12.8. The Bertz CT molecular complexity index is 568. The summed E-state index contributed by atoms with van der Waals surface area (Å²) in [5, 5.41) is 4.52. The van der Waals surface area contributed by atoms with Gasteiger partial charge in [-0.3, -0.25) is 0 Å². The molecule has 0 bridgehead atoms. The maximum Gasteiger partial charge on any atom is 0.185 e. The molecule has 21 heavy (non-hydrogen) atoms. The van der Waals surface area contributed by atoms with Crippen LogP contribution < -0.4 is 10.2 Å². The van der Waals surface area contributed by atoms with Crippen molar-refractivity contribution in [2.45, 2.75) is 26.9 Å². The first-order valence-electron chi connectivity index (χ1n) is 7.15. The lowest BCUT2D eigenvalue weighted by Crippen LogP contribution is -2.18. The minimum Gasteiger partial charge on any atom is -0.347 e. The molecule has 2 aromatic rings. The average molecular weight is 368 g/mol. The standard InChI is InChI=1S/C16H22BrN3S/c1-12(2)8-18-9-15-10-19-16(21-15)20(3)11-13-5-4-6-14(17)7-13/h4-7,10,12,18H,8-9,11H2,1-3H3. The molecule has 2 rings (SSSR count). The number of hydrogen-bond acceptors (Lipinski definition) is 4. The monoisotopic (exact) mass is 367 g/mol. The Morgan fingerprint density at radius 3 is 2.90 bits per heavy atom. The van der Waals surface area contributed by atoms with E-state index in [9.17, 15) is 0 Å². The minimum absolute atomic E-state index is 0.677. The highest BCUT2D eigenvalue weighted by Gasteiger charge is 2.08. The van der Waals surface area contributed by atoms with Crippen molar-refractivity contribution >= 4 is 32.4 Å². The molecule has 5 heteroatoms. The molecule has 0 aliphatic heterocycles. The van der Waals surface area contributed by atoms with E-state index in [2.05, 4.69) is 70.2 Å². The summed E-state index contributed by atoms with van der Waals surface area (Å²) < 4.78 is 1.12. The highest BCUT2D eigenvalue weighted by Crippen LogP contribution is 2.23. The Hall–Kier alpha value is -0.910. The molecule has 0 atom stereocenters. The summed E-state index contributed by atoms with van der Waals surface area (Å²) in [4.78, 5) is 8.00. The van der Waals surface area contributed by atoms with Crippen molar-refractivity contribution in [3.05, 3.63) is 45.4 Å². The number of aromatic nitrogens is 1. The van der Waals surface area contributed by atoms with Crippen LogP contribution in [-0.4, -0.2) is 18.6 Å². The van der Waals surface area contributed by atoms with Gasteiger partial charge in [0.1, 0.15) is 0 Å². The maximum atomic E-state index is 4.53. The van der Waals surface area contributed by atoms with Crippen LogP contribution in [0.15, 0.2) is 34.9 Å². The molecule has 1 heterocycles. The zero-order valence-corrected chi connectivity index (χ0v) is 15.2. The fraction of sp³-hybridized carbons (Fsp3) is 0.438. The van der Waals surface area contributed by atoms with Crippen molar-refractivity contribution in [3.63, 3.8) is 0 Å². The highest BCUT2D eigenvalue weighted by atomic mass is 79.9. The second kappa shape index (κ2) is 7.92. The lowest BCUT2D eigenvalue weighted by molar-refractivity contribution is 0.554. The van der Waals surface area contributed by atoms with Gasteiger partial charge < -0.3 is 10.2 Å². The fourth-order valence-corrected chi connectivity index (χ4v) is 3.30. The van der Waals surface area contributed by atoms with Gasteiger partial charge in [-0.05, 0) is 30.2 Å². The number of hydrogen-bond donors (Lipinski definition) is 1. The topological polar surface area (TPSA) is 28.2 Å². The third-order valence-electron chi connectivity index (χ3n) is 3.03. The molecule has 1 aromatic heterocycles. The Labute approximate surface area is 139 Å². The van der Waals surface area contributed by atoms with Crippen molar-refractivity contribution < 1.29 is 0 Å². The van der Waals surface area contributed by atoms with Gasteiger partial charge in [0.25, 0.3) is 0 Å². The van der Waals surface area contributed by atoms with Gasteiger partial charge in [-0.25, -0.2) is 4.98 Å². The lowest BCUT2D eigenvalue weighted by Gasteiger charge is -2.15. The second-order valence-corrected chi connectivity index (χ2v) is 7.63. The van der Waals surface area contributed by atoms with Crippen LogP contribution >= 0.6 is 27.3 Å². The highest BCUT2D eigenvalue weighted by molar-refractivity contribution is 9.10. The molecule has 0 aliphatic rings. The van der Waals surface area contributed by atoms with Crippen LogP contribution in [0.5, 0.6) is 0 Å². The Morgan fingerprint density at radius 2 is 2.19 bits per heavy atom.